The van der Waals surface area contributed by atoms with E-state index in [9.17, 15) is 0 Å². The van der Waals surface area contributed by atoms with E-state index >= 15 is 0 Å². The van der Waals surface area contributed by atoms with Gasteiger partial charge in [0.15, 0.2) is 5.96 Å². The number of guanidine groups is 1. The van der Waals surface area contributed by atoms with Crippen molar-refractivity contribution in [3.05, 3.63) is 53.9 Å². The number of nitrogens with one attached hydrogen (secondary N) is 2. The molecular weight excluding hydrogens is 324 g/mol. The van der Waals surface area contributed by atoms with Crippen molar-refractivity contribution < 1.29 is 0 Å². The van der Waals surface area contributed by atoms with Gasteiger partial charge in [0.1, 0.15) is 0 Å². The number of aromatic nitrogens is 2. The summed E-state index contributed by atoms with van der Waals surface area (Å²) in [6.45, 7) is 6.03. The quantitative estimate of drug-likeness (QED) is 0.590. The molecule has 0 amide bonds. The van der Waals surface area contributed by atoms with E-state index in [1.54, 1.807) is 7.05 Å². The standard InChI is InChI=1S/C20H32N6/c1-20(2,17-10-8-7-9-11-17)15-23-19(21-3)22-13-18(25(4)5)16-12-24-26(6)14-16/h7-12,14,18H,13,15H2,1-6H3,(H2,21,22,23). The molecule has 1 aromatic carbocycles. The highest BCUT2D eigenvalue weighted by molar-refractivity contribution is 5.79. The maximum atomic E-state index is 4.37. The summed E-state index contributed by atoms with van der Waals surface area (Å²) in [4.78, 5) is 6.56. The van der Waals surface area contributed by atoms with E-state index in [4.69, 9.17) is 0 Å². The fourth-order valence-corrected chi connectivity index (χ4v) is 2.92. The summed E-state index contributed by atoms with van der Waals surface area (Å²) >= 11 is 0. The summed E-state index contributed by atoms with van der Waals surface area (Å²) in [5, 5.41) is 11.2. The van der Waals surface area contributed by atoms with Gasteiger partial charge in [0.05, 0.1) is 12.2 Å². The molecule has 1 unspecified atom stereocenters. The molecule has 0 aliphatic carbocycles. The van der Waals surface area contributed by atoms with Crippen molar-refractivity contribution in [3.8, 4) is 0 Å². The summed E-state index contributed by atoms with van der Waals surface area (Å²) in [5.74, 6) is 0.810. The first kappa shape index (κ1) is 20.0. The Labute approximate surface area is 157 Å². The van der Waals surface area contributed by atoms with E-state index in [1.165, 1.54) is 11.1 Å². The van der Waals surface area contributed by atoms with Crippen LogP contribution in [0.1, 0.15) is 31.0 Å². The highest BCUT2D eigenvalue weighted by Gasteiger charge is 2.21. The summed E-state index contributed by atoms with van der Waals surface area (Å²) < 4.78 is 1.83. The number of nitrogens with zero attached hydrogens (tertiary/aromatic N) is 4. The van der Waals surface area contributed by atoms with Crippen molar-refractivity contribution in [2.45, 2.75) is 25.3 Å². The third kappa shape index (κ3) is 5.33. The van der Waals surface area contributed by atoms with Crippen LogP contribution in [-0.2, 0) is 12.5 Å². The van der Waals surface area contributed by atoms with Crippen LogP contribution in [0.15, 0.2) is 47.7 Å². The highest BCUT2D eigenvalue weighted by Crippen LogP contribution is 2.21. The lowest BCUT2D eigenvalue weighted by atomic mass is 9.85. The van der Waals surface area contributed by atoms with Crippen LogP contribution >= 0.6 is 0 Å². The molecule has 2 N–H and O–H groups in total. The van der Waals surface area contributed by atoms with Crippen LogP contribution < -0.4 is 10.6 Å². The van der Waals surface area contributed by atoms with Crippen molar-refractivity contribution in [2.75, 3.05) is 34.2 Å². The minimum absolute atomic E-state index is 0.0170. The van der Waals surface area contributed by atoms with Gasteiger partial charge in [-0.3, -0.25) is 9.67 Å². The van der Waals surface area contributed by atoms with Crippen molar-refractivity contribution >= 4 is 5.96 Å². The van der Waals surface area contributed by atoms with Crippen molar-refractivity contribution in [2.24, 2.45) is 12.0 Å². The molecule has 0 saturated carbocycles. The molecule has 2 rings (SSSR count). The SMILES string of the molecule is CN=C(NCC(c1cnn(C)c1)N(C)C)NCC(C)(C)c1ccccc1. The molecule has 0 saturated heterocycles. The molecule has 0 bridgehead atoms. The van der Waals surface area contributed by atoms with E-state index in [0.29, 0.717) is 0 Å². The molecule has 1 aromatic heterocycles. The van der Waals surface area contributed by atoms with Crippen molar-refractivity contribution in [1.29, 1.82) is 0 Å². The van der Waals surface area contributed by atoms with Crippen LogP contribution in [0.3, 0.4) is 0 Å². The Hall–Kier alpha value is -2.34. The number of benzene rings is 1. The lowest BCUT2D eigenvalue weighted by molar-refractivity contribution is 0.298. The minimum atomic E-state index is 0.0170. The maximum absolute atomic E-state index is 4.37. The fourth-order valence-electron chi connectivity index (χ4n) is 2.92. The normalized spacial score (nSPS) is 13.7. The number of likely N-dealkylation sites (N-methyl/N-ethyl adjacent to an activating group) is 1. The molecule has 6 nitrogen and oxygen atoms in total. The van der Waals surface area contributed by atoms with E-state index in [2.05, 4.69) is 84.0 Å². The second-order valence-corrected chi connectivity index (χ2v) is 7.48. The Balaban J connectivity index is 1.94. The molecule has 0 aliphatic rings. The van der Waals surface area contributed by atoms with Crippen LogP contribution in [0.5, 0.6) is 0 Å². The van der Waals surface area contributed by atoms with Gasteiger partial charge in [-0.05, 0) is 19.7 Å². The lowest BCUT2D eigenvalue weighted by Gasteiger charge is -2.28. The van der Waals surface area contributed by atoms with Gasteiger partial charge >= 0.3 is 0 Å². The zero-order chi connectivity index (χ0) is 19.2. The van der Waals surface area contributed by atoms with Crippen molar-refractivity contribution in [3.63, 3.8) is 0 Å². The van der Waals surface area contributed by atoms with Gasteiger partial charge in [-0.1, -0.05) is 44.2 Å². The van der Waals surface area contributed by atoms with Gasteiger partial charge in [-0.2, -0.15) is 5.10 Å². The molecular formula is C20H32N6. The first-order valence-corrected chi connectivity index (χ1v) is 8.98. The fraction of sp³-hybridized carbons (Fsp3) is 0.500. The number of rotatable bonds is 7. The van der Waals surface area contributed by atoms with Gasteiger partial charge in [0.2, 0.25) is 0 Å². The molecule has 0 fully saturated rings. The Morgan fingerprint density at radius 3 is 2.46 bits per heavy atom. The molecule has 26 heavy (non-hydrogen) atoms. The molecule has 0 spiro atoms. The van der Waals surface area contributed by atoms with Crippen LogP contribution in [-0.4, -0.2) is 54.9 Å². The molecule has 2 aromatic rings. The summed E-state index contributed by atoms with van der Waals surface area (Å²) in [6.07, 6.45) is 3.97. The Morgan fingerprint density at radius 1 is 1.23 bits per heavy atom. The van der Waals surface area contributed by atoms with Crippen LogP contribution in [0.2, 0.25) is 0 Å². The minimum Gasteiger partial charge on any atom is -0.356 e. The third-order valence-corrected chi connectivity index (χ3v) is 4.67. The molecule has 6 heteroatoms. The molecule has 1 atom stereocenters. The summed E-state index contributed by atoms with van der Waals surface area (Å²) in [6, 6.07) is 10.8. The highest BCUT2D eigenvalue weighted by atomic mass is 15.3. The Morgan fingerprint density at radius 2 is 1.92 bits per heavy atom. The van der Waals surface area contributed by atoms with Gasteiger partial charge in [0, 0.05) is 44.4 Å². The third-order valence-electron chi connectivity index (χ3n) is 4.67. The van der Waals surface area contributed by atoms with E-state index in [-0.39, 0.29) is 11.5 Å². The van der Waals surface area contributed by atoms with Gasteiger partial charge in [0.25, 0.3) is 0 Å². The Bertz CT molecular complexity index is 702. The van der Waals surface area contributed by atoms with E-state index < -0.39 is 0 Å². The van der Waals surface area contributed by atoms with Crippen LogP contribution in [0.25, 0.3) is 0 Å². The van der Waals surface area contributed by atoms with Gasteiger partial charge in [-0.15, -0.1) is 0 Å². The predicted molar refractivity (Wildman–Crippen MR) is 108 cm³/mol. The average molecular weight is 357 g/mol. The molecule has 0 aliphatic heterocycles. The number of hydrogen-bond donors (Lipinski definition) is 2. The first-order valence-electron chi connectivity index (χ1n) is 8.98. The van der Waals surface area contributed by atoms with Crippen molar-refractivity contribution in [1.82, 2.24) is 25.3 Å². The number of aliphatic imine (C=N–C) groups is 1. The topological polar surface area (TPSA) is 57.5 Å². The maximum Gasteiger partial charge on any atom is 0.191 e. The number of hydrogen-bond acceptors (Lipinski definition) is 3. The number of aryl methyl sites for hydroxylation is 1. The summed E-state index contributed by atoms with van der Waals surface area (Å²) in [5.41, 5.74) is 2.51. The zero-order valence-electron chi connectivity index (χ0n) is 16.8. The lowest BCUT2D eigenvalue weighted by Crippen LogP contribution is -2.45. The smallest absolute Gasteiger partial charge is 0.191 e. The predicted octanol–water partition coefficient (Wildman–Crippen LogP) is 2.17. The zero-order valence-corrected chi connectivity index (χ0v) is 16.8. The van der Waals surface area contributed by atoms with Crippen LogP contribution in [0, 0.1) is 0 Å². The van der Waals surface area contributed by atoms with Gasteiger partial charge in [-0.25, -0.2) is 0 Å². The second kappa shape index (κ2) is 8.85. The molecule has 142 valence electrons. The molecule has 1 heterocycles. The molecule has 0 radical (unpaired) electrons. The second-order valence-electron chi connectivity index (χ2n) is 7.48. The largest absolute Gasteiger partial charge is 0.356 e. The summed E-state index contributed by atoms with van der Waals surface area (Å²) in [7, 11) is 7.90. The van der Waals surface area contributed by atoms with E-state index in [0.717, 1.165) is 19.0 Å². The van der Waals surface area contributed by atoms with Gasteiger partial charge < -0.3 is 15.5 Å². The van der Waals surface area contributed by atoms with E-state index in [1.807, 2.05) is 24.0 Å². The average Bonchev–Trinajstić information content (AvgIpc) is 3.04. The van der Waals surface area contributed by atoms with Crippen LogP contribution in [0.4, 0.5) is 0 Å². The first-order chi connectivity index (χ1) is 12.3. The monoisotopic (exact) mass is 356 g/mol. The Kier molecular flexibility index (Phi) is 6.80.